The van der Waals surface area contributed by atoms with Gasteiger partial charge < -0.3 is 30.0 Å². The fraction of sp³-hybridized carbons (Fsp3) is 0.250. The lowest BCUT2D eigenvalue weighted by Crippen LogP contribution is -2.15. The molecule has 3 heterocycles. The van der Waals surface area contributed by atoms with Crippen LogP contribution in [0.2, 0.25) is 0 Å². The monoisotopic (exact) mass is 597 g/mol. The van der Waals surface area contributed by atoms with Gasteiger partial charge in [-0.25, -0.2) is 9.97 Å². The fourth-order valence-corrected chi connectivity index (χ4v) is 4.91. The maximum absolute atomic E-state index is 9.86. The van der Waals surface area contributed by atoms with Gasteiger partial charge in [0.1, 0.15) is 17.6 Å². The molecule has 0 bridgehead atoms. The van der Waals surface area contributed by atoms with Gasteiger partial charge in [0.05, 0.1) is 29.4 Å². The zero-order chi connectivity index (χ0) is 30.4. The van der Waals surface area contributed by atoms with Gasteiger partial charge >= 0.3 is 0 Å². The van der Waals surface area contributed by atoms with Crippen molar-refractivity contribution < 1.29 is 13.9 Å². The Balaban J connectivity index is 0.000000403. The number of thiazole rings is 1. The molecule has 0 spiro atoms. The third-order valence-corrected chi connectivity index (χ3v) is 7.35. The topological polar surface area (TPSA) is 128 Å². The molecular weight excluding hydrogens is 562 g/mol. The Labute approximate surface area is 255 Å². The molecule has 1 amide bonds. The van der Waals surface area contributed by atoms with Crippen LogP contribution < -0.4 is 20.7 Å². The summed E-state index contributed by atoms with van der Waals surface area (Å²) in [4.78, 5) is 21.8. The van der Waals surface area contributed by atoms with Crippen LogP contribution in [0.4, 0.5) is 16.5 Å². The number of ether oxygens (including phenoxy) is 1. The van der Waals surface area contributed by atoms with Crippen LogP contribution in [0.25, 0.3) is 22.4 Å². The number of hydrogen-bond acceptors (Lipinski definition) is 10. The summed E-state index contributed by atoms with van der Waals surface area (Å²) in [5.74, 6) is 1.52. The number of aromatic nitrogens is 2. The van der Waals surface area contributed by atoms with Gasteiger partial charge in [0.25, 0.3) is 0 Å². The lowest BCUT2D eigenvalue weighted by molar-refractivity contribution is -0.105. The Morgan fingerprint density at radius 1 is 1.09 bits per heavy atom. The summed E-state index contributed by atoms with van der Waals surface area (Å²) < 4.78 is 11.8. The van der Waals surface area contributed by atoms with E-state index in [-0.39, 0.29) is 0 Å². The van der Waals surface area contributed by atoms with Gasteiger partial charge in [-0.3, -0.25) is 4.79 Å². The van der Waals surface area contributed by atoms with E-state index in [4.69, 9.17) is 9.15 Å². The van der Waals surface area contributed by atoms with Crippen molar-refractivity contribution in [2.24, 2.45) is 0 Å². The van der Waals surface area contributed by atoms with Crippen molar-refractivity contribution in [3.63, 3.8) is 0 Å². The Morgan fingerprint density at radius 3 is 2.56 bits per heavy atom. The van der Waals surface area contributed by atoms with Crippen molar-refractivity contribution in [2.45, 2.75) is 12.8 Å². The molecule has 0 aliphatic heterocycles. The molecule has 2 aromatic carbocycles. The quantitative estimate of drug-likeness (QED) is 0.109. The molecule has 0 atom stereocenters. The van der Waals surface area contributed by atoms with Crippen LogP contribution in [0.1, 0.15) is 16.9 Å². The lowest BCUT2D eigenvalue weighted by Gasteiger charge is -2.10. The highest BCUT2D eigenvalue weighted by molar-refractivity contribution is 7.15. The Kier molecular flexibility index (Phi) is 11.5. The predicted octanol–water partition coefficient (Wildman–Crippen LogP) is 6.10. The van der Waals surface area contributed by atoms with Crippen LogP contribution in [0.3, 0.4) is 0 Å². The minimum Gasteiger partial charge on any atom is -0.494 e. The maximum Gasteiger partial charge on any atom is 0.228 e. The first-order valence-corrected chi connectivity index (χ1v) is 14.6. The molecule has 0 fully saturated rings. The minimum absolute atomic E-state index is 0.488. The number of para-hydroxylation sites is 1. The van der Waals surface area contributed by atoms with Crippen molar-refractivity contribution in [3.8, 4) is 23.1 Å². The molecule has 3 aromatic heterocycles. The number of fused-ring (bicyclic) bond motifs is 1. The molecule has 10 nitrogen and oxygen atoms in total. The first-order valence-electron chi connectivity index (χ1n) is 13.8. The van der Waals surface area contributed by atoms with Gasteiger partial charge in [-0.15, -0.1) is 11.3 Å². The number of pyridine rings is 1. The molecule has 3 N–H and O–H groups in total. The van der Waals surface area contributed by atoms with Crippen molar-refractivity contribution >= 4 is 45.4 Å². The van der Waals surface area contributed by atoms with Crippen LogP contribution in [0, 0.1) is 11.3 Å². The van der Waals surface area contributed by atoms with Crippen LogP contribution >= 0.6 is 11.3 Å². The third kappa shape index (κ3) is 9.03. The SMILES string of the molecule is CNc1ncc(CCNc2c(C#N)cnc3oc(-c4ccc(OCCCN(C)C)cc4)cc23)s1.O=CNc1ccccc1. The first kappa shape index (κ1) is 31.0. The normalized spacial score (nSPS) is 10.5. The van der Waals surface area contributed by atoms with E-state index in [1.54, 1.807) is 17.5 Å². The van der Waals surface area contributed by atoms with Crippen molar-refractivity contribution in [1.82, 2.24) is 14.9 Å². The molecular formula is C32H35N7O3S. The summed E-state index contributed by atoms with van der Waals surface area (Å²) in [6, 6.07) is 21.3. The van der Waals surface area contributed by atoms with Crippen molar-refractivity contribution in [3.05, 3.63) is 83.5 Å². The molecule has 222 valence electrons. The largest absolute Gasteiger partial charge is 0.494 e. The van der Waals surface area contributed by atoms with Crippen molar-refractivity contribution in [1.29, 1.82) is 5.26 Å². The molecule has 5 aromatic rings. The van der Waals surface area contributed by atoms with Crippen LogP contribution in [-0.4, -0.2) is 62.1 Å². The maximum atomic E-state index is 9.86. The summed E-state index contributed by atoms with van der Waals surface area (Å²) in [6.07, 6.45) is 5.86. The van der Waals surface area contributed by atoms with Crippen LogP contribution in [0.15, 0.2) is 77.5 Å². The van der Waals surface area contributed by atoms with Gasteiger partial charge in [-0.2, -0.15) is 5.26 Å². The molecule has 0 saturated heterocycles. The van der Waals surface area contributed by atoms with E-state index >= 15 is 0 Å². The van der Waals surface area contributed by atoms with E-state index in [0.29, 0.717) is 36.6 Å². The molecule has 0 saturated carbocycles. The smallest absolute Gasteiger partial charge is 0.228 e. The van der Waals surface area contributed by atoms with Gasteiger partial charge in [-0.05, 0) is 63.0 Å². The van der Waals surface area contributed by atoms with E-state index in [1.165, 1.54) is 0 Å². The number of carbonyl (C=O) groups excluding carboxylic acids is 1. The number of hydrogen-bond donors (Lipinski definition) is 3. The molecule has 0 radical (unpaired) electrons. The minimum atomic E-state index is 0.488. The number of amides is 1. The number of rotatable bonds is 13. The Morgan fingerprint density at radius 2 is 1.88 bits per heavy atom. The first-order chi connectivity index (χ1) is 21.0. The fourth-order valence-electron chi connectivity index (χ4n) is 4.14. The lowest BCUT2D eigenvalue weighted by atomic mass is 10.1. The van der Waals surface area contributed by atoms with Gasteiger partial charge in [0, 0.05) is 48.9 Å². The summed E-state index contributed by atoms with van der Waals surface area (Å²) in [5.41, 5.74) is 3.47. The number of nitriles is 1. The third-order valence-electron chi connectivity index (χ3n) is 6.28. The highest BCUT2D eigenvalue weighted by Gasteiger charge is 2.15. The Bertz CT molecular complexity index is 1630. The summed E-state index contributed by atoms with van der Waals surface area (Å²) in [5, 5.41) is 20.3. The van der Waals surface area contributed by atoms with E-state index in [9.17, 15) is 10.1 Å². The molecule has 0 unspecified atom stereocenters. The van der Waals surface area contributed by atoms with Gasteiger partial charge in [-0.1, -0.05) is 18.2 Å². The average Bonchev–Trinajstić information content (AvgIpc) is 3.68. The zero-order valence-electron chi connectivity index (χ0n) is 24.5. The van der Waals surface area contributed by atoms with E-state index in [2.05, 4.69) is 51.0 Å². The standard InChI is InChI=1S/C25H28N6O2S.C7H7NO/c1-27-25-30-16-20(34-25)9-10-28-23-18(14-26)15-29-24-21(23)13-22(33-24)17-5-7-19(8-6-17)32-12-4-11-31(2)3;9-6-8-7-4-2-1-3-5-7/h5-8,13,15-16H,4,9-12H2,1-3H3,(H,27,30)(H,28,29);1-6H,(H,8,9). The van der Waals surface area contributed by atoms with Crippen LogP contribution in [0.5, 0.6) is 5.75 Å². The van der Waals surface area contributed by atoms with Gasteiger partial charge in [0.2, 0.25) is 12.1 Å². The van der Waals surface area contributed by atoms with Crippen molar-refractivity contribution in [2.75, 3.05) is 56.8 Å². The number of benzene rings is 2. The summed E-state index contributed by atoms with van der Waals surface area (Å²) in [6.45, 7) is 2.34. The highest BCUT2D eigenvalue weighted by atomic mass is 32.1. The molecule has 0 aliphatic rings. The Hall–Kier alpha value is -4.92. The molecule has 43 heavy (non-hydrogen) atoms. The molecule has 11 heteroatoms. The number of carbonyl (C=O) groups is 1. The number of furan rings is 1. The number of nitrogens with one attached hydrogen (secondary N) is 3. The van der Waals surface area contributed by atoms with E-state index < -0.39 is 0 Å². The molecule has 0 aliphatic carbocycles. The summed E-state index contributed by atoms with van der Waals surface area (Å²) in [7, 11) is 5.97. The zero-order valence-corrected chi connectivity index (χ0v) is 25.3. The number of anilines is 3. The second-order valence-corrected chi connectivity index (χ2v) is 10.8. The molecule has 5 rings (SSSR count). The highest BCUT2D eigenvalue weighted by Crippen LogP contribution is 2.33. The van der Waals surface area contributed by atoms with Gasteiger partial charge in [0.15, 0.2) is 5.13 Å². The summed E-state index contributed by atoms with van der Waals surface area (Å²) >= 11 is 1.62. The van der Waals surface area contributed by atoms with E-state index in [0.717, 1.165) is 57.5 Å². The average molecular weight is 598 g/mol. The number of nitrogens with zero attached hydrogens (tertiary/aromatic N) is 4. The van der Waals surface area contributed by atoms with E-state index in [1.807, 2.05) is 73.9 Å². The second kappa shape index (κ2) is 15.9. The second-order valence-electron chi connectivity index (χ2n) is 9.70. The predicted molar refractivity (Wildman–Crippen MR) is 173 cm³/mol. The van der Waals surface area contributed by atoms with Crippen LogP contribution in [-0.2, 0) is 11.2 Å².